The molecule has 0 saturated heterocycles. The Hall–Kier alpha value is -13.7. The molecule has 22 nitrogen and oxygen atoms in total. The number of hydrogen-bond donors (Lipinski definition) is 0. The number of rotatable bonds is 16. The molecular weight excluding hydrogens is 2560 g/mol. The molecule has 0 amide bonds. The van der Waals surface area contributed by atoms with Crippen molar-refractivity contribution in [3.63, 3.8) is 0 Å². The first-order valence-corrected chi connectivity index (χ1v) is 59.4. The van der Waals surface area contributed by atoms with Crippen LogP contribution in [0.25, 0.3) is 135 Å². The summed E-state index contributed by atoms with van der Waals surface area (Å²) in [7, 11) is -5.35. The van der Waals surface area contributed by atoms with Gasteiger partial charge in [0.25, 0.3) is 0 Å². The van der Waals surface area contributed by atoms with Crippen LogP contribution >= 0.6 is 0 Å². The molecule has 4 radical (unpaired) electrons. The molecule has 12 heterocycles. The first-order chi connectivity index (χ1) is 67.7. The topological polar surface area (TPSA) is 284 Å². The second-order valence-corrected chi connectivity index (χ2v) is 56.4. The molecular formula is C114H107Ir4N22Si4-7. The molecule has 0 aliphatic carbocycles. The van der Waals surface area contributed by atoms with E-state index in [2.05, 4.69) is 433 Å². The summed E-state index contributed by atoms with van der Waals surface area (Å²) in [6, 6.07) is 101. The van der Waals surface area contributed by atoms with E-state index in [-0.39, 0.29) is 80.4 Å². The molecule has 0 aliphatic heterocycles. The van der Waals surface area contributed by atoms with Crippen LogP contribution in [-0.4, -0.2) is 142 Å². The van der Waals surface area contributed by atoms with Crippen LogP contribution < -0.4 is 20.7 Å². The minimum atomic E-state index is -1.34. The molecule has 12 aromatic heterocycles. The maximum atomic E-state index is 4.71. The normalized spacial score (nSPS) is 10.6. The van der Waals surface area contributed by atoms with Crippen molar-refractivity contribution in [2.75, 3.05) is 0 Å². The second kappa shape index (κ2) is 56.4. The molecule has 20 aromatic rings. The Bertz CT molecular complexity index is 6230. The van der Waals surface area contributed by atoms with Crippen molar-refractivity contribution in [1.29, 1.82) is 0 Å². The summed E-state index contributed by atoms with van der Waals surface area (Å²) in [6.45, 7) is 37.1. The summed E-state index contributed by atoms with van der Waals surface area (Å²) in [5.74, 6) is 2.24. The molecule has 20 rings (SSSR count). The third-order valence-corrected chi connectivity index (χ3v) is 30.2. The zero-order valence-electron chi connectivity index (χ0n) is 82.7. The van der Waals surface area contributed by atoms with E-state index >= 15 is 0 Å². The van der Waals surface area contributed by atoms with Gasteiger partial charge in [-0.05, 0) is 118 Å². The second-order valence-electron chi connectivity index (χ2n) is 36.3. The van der Waals surface area contributed by atoms with E-state index in [0.29, 0.717) is 34.6 Å². The number of hydrogen-bond acceptors (Lipinski definition) is 22. The number of benzene rings is 8. The molecule has 8 aromatic carbocycles. The van der Waals surface area contributed by atoms with Gasteiger partial charge >= 0.3 is 0 Å². The Morgan fingerprint density at radius 2 is 0.514 bits per heavy atom. The molecule has 0 aliphatic rings. The van der Waals surface area contributed by atoms with Crippen molar-refractivity contribution < 1.29 is 80.4 Å². The van der Waals surface area contributed by atoms with E-state index in [1.54, 1.807) is 18.6 Å². The quantitative estimate of drug-likeness (QED) is 0.0641. The van der Waals surface area contributed by atoms with Gasteiger partial charge in [0.1, 0.15) is 50.0 Å². The van der Waals surface area contributed by atoms with E-state index < -0.39 is 32.3 Å². The Balaban J connectivity index is 0.000000185. The van der Waals surface area contributed by atoms with E-state index in [1.807, 2.05) is 78.9 Å². The van der Waals surface area contributed by atoms with E-state index in [1.165, 1.54) is 157 Å². The van der Waals surface area contributed by atoms with Gasteiger partial charge in [-0.2, -0.15) is 0 Å². The fourth-order valence-electron chi connectivity index (χ4n) is 14.8. The van der Waals surface area contributed by atoms with E-state index in [4.69, 9.17) is 19.9 Å². The first-order valence-electron chi connectivity index (χ1n) is 45.4. The zero-order valence-corrected chi connectivity index (χ0v) is 96.3. The fraction of sp³-hybridized carbons (Fsp3) is 0.140. The van der Waals surface area contributed by atoms with Gasteiger partial charge in [0.15, 0.2) is 5.82 Å². The van der Waals surface area contributed by atoms with Crippen LogP contribution in [0.2, 0.25) is 78.6 Å². The van der Waals surface area contributed by atoms with E-state index in [0.717, 1.165) is 56.3 Å². The third kappa shape index (κ3) is 34.3. The van der Waals surface area contributed by atoms with Gasteiger partial charge in [0.2, 0.25) is 0 Å². The van der Waals surface area contributed by atoms with E-state index in [9.17, 15) is 0 Å². The number of pyridine rings is 6. The number of nitrogens with zero attached hydrogens (tertiary/aromatic N) is 22. The van der Waals surface area contributed by atoms with Gasteiger partial charge < -0.3 is 44.9 Å². The molecule has 144 heavy (non-hydrogen) atoms. The van der Waals surface area contributed by atoms with Crippen LogP contribution in [0.4, 0.5) is 0 Å². The van der Waals surface area contributed by atoms with Crippen molar-refractivity contribution in [2.24, 2.45) is 0 Å². The number of aryl methyl sites for hydroxylation is 4. The summed E-state index contributed by atoms with van der Waals surface area (Å²) < 4.78 is 0. The van der Waals surface area contributed by atoms with Gasteiger partial charge in [-0.25, -0.2) is 36.0 Å². The maximum absolute atomic E-state index is 4.71. The molecule has 0 saturated carbocycles. The van der Waals surface area contributed by atoms with Crippen LogP contribution in [0.3, 0.4) is 0 Å². The van der Waals surface area contributed by atoms with Crippen LogP contribution in [0.1, 0.15) is 22.3 Å². The van der Waals surface area contributed by atoms with Crippen LogP contribution in [0, 0.1) is 70.4 Å². The Morgan fingerprint density at radius 3 is 0.792 bits per heavy atom. The summed E-state index contributed by atoms with van der Waals surface area (Å²) in [6.07, 6.45) is 34.6. The van der Waals surface area contributed by atoms with Gasteiger partial charge in [-0.15, -0.1) is 154 Å². The van der Waals surface area contributed by atoms with Crippen LogP contribution in [0.5, 0.6) is 0 Å². The fourth-order valence-corrected chi connectivity index (χ4v) is 21.7. The average molecular weight is 2670 g/mol. The molecule has 30 heteroatoms. The molecule has 0 spiro atoms. The predicted octanol–water partition coefficient (Wildman–Crippen LogP) is 22.2. The third-order valence-electron chi connectivity index (χ3n) is 21.6. The van der Waals surface area contributed by atoms with Crippen molar-refractivity contribution in [1.82, 2.24) is 110 Å². The van der Waals surface area contributed by atoms with Gasteiger partial charge in [0.05, 0.1) is 56.6 Å². The van der Waals surface area contributed by atoms with Crippen molar-refractivity contribution in [3.8, 4) is 135 Å². The molecule has 732 valence electrons. The standard InChI is InChI=1S/4C21H22NSi.C8H5N4.C8H6N4.2C7H4N5.4Ir/c4*1-16-13-20(22-15-21(16)23(2,3)4)19-12-8-11-18(14-19)17-9-6-5-7-10-17;1-2-7(4-9-3-1)8-11-5-10-6-12-8;1-2-4-10-7(3-1)8-11-5-9-6-12-8;1-6(2-9-3-8-1)7-11-4-10-5-12-7;1-2-8-3-10-6(1)7-11-4-9-5-12-7;;;;/h4*5-11,13-15H,1-4H3;1-3,5-6H;1-6H;1,3-5H;2-5H;;;;/q5*-1;;2*-1;;;;. The molecule has 0 atom stereocenters. The summed E-state index contributed by atoms with van der Waals surface area (Å²) in [5.41, 5.74) is 26.1. The molecule has 0 fully saturated rings. The average Bonchev–Trinajstić information content (AvgIpc) is 0.813. The molecule has 0 unspecified atom stereocenters. The largest absolute Gasteiger partial charge is 0.360 e. The summed E-state index contributed by atoms with van der Waals surface area (Å²) in [5, 5.41) is 5.72. The van der Waals surface area contributed by atoms with Crippen LogP contribution in [0.15, 0.2) is 362 Å². The van der Waals surface area contributed by atoms with Gasteiger partial charge in [-0.1, -0.05) is 288 Å². The first kappa shape index (κ1) is 114. The number of aromatic nitrogens is 22. The molecule has 0 N–H and O–H groups in total. The van der Waals surface area contributed by atoms with Gasteiger partial charge in [-0.3, -0.25) is 34.9 Å². The monoisotopic (exact) mass is 2670 g/mol. The van der Waals surface area contributed by atoms with Crippen molar-refractivity contribution in [2.45, 2.75) is 106 Å². The van der Waals surface area contributed by atoms with Crippen LogP contribution in [-0.2, 0) is 80.4 Å². The van der Waals surface area contributed by atoms with Gasteiger partial charge in [0, 0.05) is 124 Å². The van der Waals surface area contributed by atoms with Crippen molar-refractivity contribution >= 4 is 53.0 Å². The Labute approximate surface area is 903 Å². The minimum Gasteiger partial charge on any atom is -0.360 e. The van der Waals surface area contributed by atoms with Crippen molar-refractivity contribution in [3.05, 3.63) is 427 Å². The SMILES string of the molecule is Cc1cc(-c2[c-]ccc(-c3ccccc3)c2)ncc1[Si](C)(C)C.Cc1cc(-c2[c-]ccc(-c3ccccc3)c2)ncc1[Si](C)(C)C.Cc1cc(-c2[c-]ccc(-c3ccccc3)c2)ncc1[Si](C)(C)C.Cc1cc(-c2[c-]ccc(-c3ccccc3)c2)ncc1[Si](C)(C)C.[Ir].[Ir].[Ir].[Ir].[c-]1cncnc1-c1ncncn1.[c-]1ncccc1-c1ncncn1.[c-]1ncncc1-c1ncncn1.c1ccc(-c2ncncn2)nc1. The maximum Gasteiger partial charge on any atom is 0.181 e. The minimum absolute atomic E-state index is 0. The summed E-state index contributed by atoms with van der Waals surface area (Å²) in [4.78, 5) is 88.3. The molecule has 0 bridgehead atoms. The Kier molecular flexibility index (Phi) is 44.6. The summed E-state index contributed by atoms with van der Waals surface area (Å²) >= 11 is 0. The zero-order chi connectivity index (χ0) is 98.7. The predicted molar refractivity (Wildman–Crippen MR) is 571 cm³/mol. The smallest absolute Gasteiger partial charge is 0.181 e. The Morgan fingerprint density at radius 1 is 0.208 bits per heavy atom.